The Bertz CT molecular complexity index is 481. The van der Waals surface area contributed by atoms with Crippen LogP contribution in [0.1, 0.15) is 13.3 Å². The number of nitrogens with one attached hydrogen (secondary N) is 2. The maximum Gasteiger partial charge on any atom is 0.250 e. The summed E-state index contributed by atoms with van der Waals surface area (Å²) in [6, 6.07) is 3.29. The first-order chi connectivity index (χ1) is 8.08. The Morgan fingerprint density at radius 1 is 1.53 bits per heavy atom. The van der Waals surface area contributed by atoms with E-state index in [1.54, 1.807) is 19.3 Å². The van der Waals surface area contributed by atoms with Gasteiger partial charge in [0, 0.05) is 25.4 Å². The quantitative estimate of drug-likeness (QED) is 0.776. The van der Waals surface area contributed by atoms with Crippen molar-refractivity contribution in [3.8, 4) is 0 Å². The number of pyridine rings is 1. The van der Waals surface area contributed by atoms with Crippen LogP contribution >= 0.6 is 0 Å². The summed E-state index contributed by atoms with van der Waals surface area (Å²) in [5, 5.41) is 6.08. The Kier molecular flexibility index (Phi) is 3.28. The van der Waals surface area contributed by atoms with Gasteiger partial charge < -0.3 is 15.2 Å². The number of carbonyl (C=O) groups is 1. The molecule has 0 aromatic carbocycles. The fourth-order valence-corrected chi connectivity index (χ4v) is 2.12. The number of nitrogens with zero attached hydrogens (tertiary/aromatic N) is 1. The normalized spacial score (nSPS) is 23.6. The molecule has 2 atom stereocenters. The van der Waals surface area contributed by atoms with Crippen molar-refractivity contribution < 1.29 is 4.79 Å². The molecule has 1 aromatic heterocycles. The largest absolute Gasteiger partial charge is 0.324 e. The van der Waals surface area contributed by atoms with Crippen molar-refractivity contribution in [2.75, 3.05) is 11.9 Å². The molecular weight excluding hydrogens is 218 g/mol. The second-order valence-corrected chi connectivity index (χ2v) is 4.49. The minimum atomic E-state index is -0.0844. The molecule has 1 amide bonds. The van der Waals surface area contributed by atoms with Gasteiger partial charge in [0.1, 0.15) is 0 Å². The van der Waals surface area contributed by atoms with Crippen molar-refractivity contribution in [3.63, 3.8) is 0 Å². The van der Waals surface area contributed by atoms with Crippen LogP contribution in [0.3, 0.4) is 0 Å². The smallest absolute Gasteiger partial charge is 0.250 e. The Balaban J connectivity index is 2.07. The van der Waals surface area contributed by atoms with Gasteiger partial charge in [-0.3, -0.25) is 9.59 Å². The number of carbonyl (C=O) groups excluding carboxylic acids is 1. The molecule has 0 spiro atoms. The average molecular weight is 235 g/mol. The zero-order valence-corrected chi connectivity index (χ0v) is 10.1. The van der Waals surface area contributed by atoms with Crippen LogP contribution in [0.15, 0.2) is 23.1 Å². The Morgan fingerprint density at radius 3 is 2.88 bits per heavy atom. The van der Waals surface area contributed by atoms with Gasteiger partial charge in [-0.2, -0.15) is 0 Å². The van der Waals surface area contributed by atoms with Crippen LogP contribution in [-0.4, -0.2) is 23.1 Å². The summed E-state index contributed by atoms with van der Waals surface area (Å²) in [5.41, 5.74) is 0.579. The van der Waals surface area contributed by atoms with E-state index in [4.69, 9.17) is 0 Å². The highest BCUT2D eigenvalue weighted by Gasteiger charge is 2.29. The third-order valence-corrected chi connectivity index (χ3v) is 3.22. The SMILES string of the molecule is CC1NCCC1C(=O)Nc1ccc(=O)n(C)c1. The molecule has 0 aliphatic carbocycles. The van der Waals surface area contributed by atoms with E-state index in [1.165, 1.54) is 10.6 Å². The maximum absolute atomic E-state index is 12.0. The monoisotopic (exact) mass is 235 g/mol. The predicted octanol–water partition coefficient (Wildman–Crippen LogP) is 0.322. The molecule has 0 bridgehead atoms. The molecule has 1 aromatic rings. The van der Waals surface area contributed by atoms with Crippen LogP contribution in [-0.2, 0) is 11.8 Å². The van der Waals surface area contributed by atoms with Crippen LogP contribution in [0.2, 0.25) is 0 Å². The van der Waals surface area contributed by atoms with E-state index in [0.717, 1.165) is 13.0 Å². The standard InChI is InChI=1S/C12H17N3O2/c1-8-10(5-6-13-8)12(17)14-9-3-4-11(16)15(2)7-9/h3-4,7-8,10,13H,5-6H2,1-2H3,(H,14,17). The lowest BCUT2D eigenvalue weighted by molar-refractivity contribution is -0.120. The molecule has 2 unspecified atom stereocenters. The summed E-state index contributed by atoms with van der Waals surface area (Å²) in [7, 11) is 1.66. The highest BCUT2D eigenvalue weighted by atomic mass is 16.2. The Morgan fingerprint density at radius 2 is 2.29 bits per heavy atom. The molecule has 1 fully saturated rings. The number of aromatic nitrogens is 1. The number of hydrogen-bond donors (Lipinski definition) is 2. The number of hydrogen-bond acceptors (Lipinski definition) is 3. The van der Waals surface area contributed by atoms with Gasteiger partial charge in [0.2, 0.25) is 11.5 Å². The third kappa shape index (κ3) is 2.55. The van der Waals surface area contributed by atoms with E-state index in [-0.39, 0.29) is 23.4 Å². The van der Waals surface area contributed by atoms with Crippen molar-refractivity contribution in [2.24, 2.45) is 13.0 Å². The molecule has 1 saturated heterocycles. The highest BCUT2D eigenvalue weighted by molar-refractivity contribution is 5.93. The van der Waals surface area contributed by atoms with E-state index in [0.29, 0.717) is 5.69 Å². The maximum atomic E-state index is 12.0. The van der Waals surface area contributed by atoms with Crippen molar-refractivity contribution in [1.29, 1.82) is 0 Å². The Hall–Kier alpha value is -1.62. The molecule has 2 rings (SSSR count). The molecule has 2 N–H and O–H groups in total. The minimum Gasteiger partial charge on any atom is -0.324 e. The van der Waals surface area contributed by atoms with Gasteiger partial charge in [0.15, 0.2) is 0 Å². The van der Waals surface area contributed by atoms with Gasteiger partial charge in [-0.1, -0.05) is 0 Å². The van der Waals surface area contributed by atoms with Crippen LogP contribution in [0.5, 0.6) is 0 Å². The molecule has 2 heterocycles. The Labute approximate surface area is 99.8 Å². The molecule has 1 aliphatic rings. The van der Waals surface area contributed by atoms with Crippen LogP contribution in [0.4, 0.5) is 5.69 Å². The first-order valence-corrected chi connectivity index (χ1v) is 5.79. The topological polar surface area (TPSA) is 63.1 Å². The zero-order valence-electron chi connectivity index (χ0n) is 10.1. The second kappa shape index (κ2) is 4.71. The second-order valence-electron chi connectivity index (χ2n) is 4.49. The van der Waals surface area contributed by atoms with Crippen molar-refractivity contribution in [3.05, 3.63) is 28.7 Å². The lowest BCUT2D eigenvalue weighted by atomic mass is 10.0. The fourth-order valence-electron chi connectivity index (χ4n) is 2.12. The molecular formula is C12H17N3O2. The third-order valence-electron chi connectivity index (χ3n) is 3.22. The summed E-state index contributed by atoms with van der Waals surface area (Å²) in [4.78, 5) is 23.2. The average Bonchev–Trinajstić information content (AvgIpc) is 2.70. The number of anilines is 1. The van der Waals surface area contributed by atoms with Gasteiger partial charge in [0.05, 0.1) is 11.6 Å². The van der Waals surface area contributed by atoms with Crippen molar-refractivity contribution in [1.82, 2.24) is 9.88 Å². The molecule has 92 valence electrons. The first-order valence-electron chi connectivity index (χ1n) is 5.79. The van der Waals surface area contributed by atoms with E-state index in [2.05, 4.69) is 10.6 Å². The van der Waals surface area contributed by atoms with Gasteiger partial charge in [-0.05, 0) is 26.0 Å². The van der Waals surface area contributed by atoms with E-state index in [9.17, 15) is 9.59 Å². The van der Waals surface area contributed by atoms with Crippen LogP contribution in [0.25, 0.3) is 0 Å². The fraction of sp³-hybridized carbons (Fsp3) is 0.500. The summed E-state index contributed by atoms with van der Waals surface area (Å²) in [6.07, 6.45) is 2.49. The molecule has 5 nitrogen and oxygen atoms in total. The van der Waals surface area contributed by atoms with E-state index in [1.807, 2.05) is 6.92 Å². The highest BCUT2D eigenvalue weighted by Crippen LogP contribution is 2.17. The summed E-state index contributed by atoms with van der Waals surface area (Å²) in [6.45, 7) is 2.89. The van der Waals surface area contributed by atoms with Gasteiger partial charge in [0.25, 0.3) is 0 Å². The molecule has 5 heteroatoms. The van der Waals surface area contributed by atoms with E-state index < -0.39 is 0 Å². The van der Waals surface area contributed by atoms with Gasteiger partial charge >= 0.3 is 0 Å². The molecule has 1 aliphatic heterocycles. The van der Waals surface area contributed by atoms with Gasteiger partial charge in [-0.15, -0.1) is 0 Å². The lowest BCUT2D eigenvalue weighted by Crippen LogP contribution is -2.32. The van der Waals surface area contributed by atoms with Crippen molar-refractivity contribution in [2.45, 2.75) is 19.4 Å². The first kappa shape index (κ1) is 11.9. The van der Waals surface area contributed by atoms with Crippen LogP contribution in [0, 0.1) is 5.92 Å². The summed E-state index contributed by atoms with van der Waals surface area (Å²) >= 11 is 0. The number of amides is 1. The minimum absolute atomic E-state index is 0.00670. The molecule has 0 radical (unpaired) electrons. The van der Waals surface area contributed by atoms with Gasteiger partial charge in [-0.25, -0.2) is 0 Å². The summed E-state index contributed by atoms with van der Waals surface area (Å²) in [5.74, 6) is 0.0217. The molecule has 0 saturated carbocycles. The summed E-state index contributed by atoms with van der Waals surface area (Å²) < 4.78 is 1.45. The van der Waals surface area contributed by atoms with Crippen LogP contribution < -0.4 is 16.2 Å². The number of aryl methyl sites for hydroxylation is 1. The predicted molar refractivity (Wildman–Crippen MR) is 65.9 cm³/mol. The lowest BCUT2D eigenvalue weighted by Gasteiger charge is -2.15. The number of rotatable bonds is 2. The van der Waals surface area contributed by atoms with Crippen molar-refractivity contribution >= 4 is 11.6 Å². The molecule has 17 heavy (non-hydrogen) atoms. The zero-order chi connectivity index (χ0) is 12.4. The van der Waals surface area contributed by atoms with E-state index >= 15 is 0 Å².